The maximum atomic E-state index is 13.5. The molecule has 1 atom stereocenters. The molecule has 0 saturated carbocycles. The van der Waals surface area contributed by atoms with Crippen LogP contribution in [0.2, 0.25) is 10.0 Å². The van der Waals surface area contributed by atoms with Crippen molar-refractivity contribution in [3.05, 3.63) is 120 Å². The van der Waals surface area contributed by atoms with E-state index in [0.717, 1.165) is 53.1 Å². The smallest absolute Gasteiger partial charge is 0.317 e. The average Bonchev–Trinajstić information content (AvgIpc) is 3.45. The van der Waals surface area contributed by atoms with Gasteiger partial charge in [0.1, 0.15) is 12.4 Å². The van der Waals surface area contributed by atoms with Crippen molar-refractivity contribution in [1.82, 2.24) is 15.1 Å². The number of hydrogen-bond acceptors (Lipinski definition) is 4. The van der Waals surface area contributed by atoms with E-state index in [4.69, 9.17) is 27.9 Å². The number of thiophene rings is 1. The molecule has 8 heteroatoms. The lowest BCUT2D eigenvalue weighted by molar-refractivity contribution is 0.165. The van der Waals surface area contributed by atoms with Gasteiger partial charge < -0.3 is 15.0 Å². The predicted octanol–water partition coefficient (Wildman–Crippen LogP) is 8.89. The van der Waals surface area contributed by atoms with Crippen LogP contribution >= 0.6 is 34.5 Å². The molecule has 0 radical (unpaired) electrons. The quantitative estimate of drug-likeness (QED) is 0.189. The number of rotatable bonds is 10. The number of ether oxygens (including phenoxy) is 1. The van der Waals surface area contributed by atoms with E-state index < -0.39 is 0 Å². The first-order valence-corrected chi connectivity index (χ1v) is 16.4. The van der Waals surface area contributed by atoms with Crippen molar-refractivity contribution >= 4 is 40.6 Å². The van der Waals surface area contributed by atoms with Gasteiger partial charge in [-0.3, -0.25) is 4.90 Å². The van der Waals surface area contributed by atoms with E-state index in [9.17, 15) is 4.79 Å². The maximum Gasteiger partial charge on any atom is 0.317 e. The summed E-state index contributed by atoms with van der Waals surface area (Å²) in [4.78, 5) is 19.2. The average molecular weight is 637 g/mol. The molecule has 2 heterocycles. The van der Waals surface area contributed by atoms with E-state index in [1.165, 1.54) is 16.0 Å². The highest BCUT2D eigenvalue weighted by atomic mass is 35.5. The zero-order valence-electron chi connectivity index (χ0n) is 25.3. The highest BCUT2D eigenvalue weighted by molar-refractivity contribution is 7.10. The molecule has 2 amide bonds. The second-order valence-corrected chi connectivity index (χ2v) is 13.1. The van der Waals surface area contributed by atoms with Gasteiger partial charge in [-0.1, -0.05) is 71.2 Å². The van der Waals surface area contributed by atoms with Crippen molar-refractivity contribution < 1.29 is 9.53 Å². The van der Waals surface area contributed by atoms with E-state index in [0.29, 0.717) is 36.3 Å². The van der Waals surface area contributed by atoms with Crippen LogP contribution in [-0.4, -0.2) is 35.5 Å². The van der Waals surface area contributed by atoms with Crippen LogP contribution in [0.15, 0.2) is 66.0 Å². The number of urea groups is 1. The number of aryl methyl sites for hydroxylation is 3. The number of halogens is 2. The van der Waals surface area contributed by atoms with Gasteiger partial charge in [0.05, 0.1) is 16.1 Å². The van der Waals surface area contributed by atoms with Gasteiger partial charge in [-0.2, -0.15) is 0 Å². The van der Waals surface area contributed by atoms with Crippen molar-refractivity contribution in [2.75, 3.05) is 19.6 Å². The van der Waals surface area contributed by atoms with Gasteiger partial charge in [0.2, 0.25) is 0 Å². The fraction of sp³-hybridized carbons (Fsp3) is 0.343. The van der Waals surface area contributed by atoms with Crippen LogP contribution in [0.4, 0.5) is 4.79 Å². The summed E-state index contributed by atoms with van der Waals surface area (Å²) in [6.45, 7) is 12.1. The van der Waals surface area contributed by atoms with Crippen LogP contribution < -0.4 is 10.1 Å². The Kier molecular flexibility index (Phi) is 10.3. The minimum atomic E-state index is -0.0872. The van der Waals surface area contributed by atoms with Crippen LogP contribution in [0.25, 0.3) is 0 Å². The van der Waals surface area contributed by atoms with Crippen molar-refractivity contribution in [3.63, 3.8) is 0 Å². The van der Waals surface area contributed by atoms with Gasteiger partial charge in [-0.15, -0.1) is 11.3 Å². The van der Waals surface area contributed by atoms with Crippen molar-refractivity contribution in [2.24, 2.45) is 0 Å². The van der Waals surface area contributed by atoms with E-state index in [1.807, 2.05) is 41.4 Å². The summed E-state index contributed by atoms with van der Waals surface area (Å²) >= 11 is 14.5. The molecule has 4 aromatic rings. The molecule has 1 aliphatic heterocycles. The molecule has 1 N–H and O–H groups in total. The van der Waals surface area contributed by atoms with Crippen LogP contribution in [0.3, 0.4) is 0 Å². The summed E-state index contributed by atoms with van der Waals surface area (Å²) in [6, 6.07) is 20.5. The number of nitrogens with one attached hydrogen (secondary N) is 1. The number of carbonyl (C=O) groups excluding carboxylic acids is 1. The summed E-state index contributed by atoms with van der Waals surface area (Å²) in [5.41, 5.74) is 7.99. The minimum Gasteiger partial charge on any atom is -0.488 e. The lowest BCUT2D eigenvalue weighted by Gasteiger charge is -2.35. The van der Waals surface area contributed by atoms with Crippen LogP contribution in [0, 0.1) is 20.8 Å². The molecule has 226 valence electrons. The Balaban J connectivity index is 1.26. The predicted molar refractivity (Wildman–Crippen MR) is 179 cm³/mol. The van der Waals surface area contributed by atoms with Gasteiger partial charge in [-0.25, -0.2) is 4.79 Å². The molecule has 0 saturated heterocycles. The second kappa shape index (κ2) is 14.2. The summed E-state index contributed by atoms with van der Waals surface area (Å²) < 4.78 is 6.22. The van der Waals surface area contributed by atoms with Crippen molar-refractivity contribution in [1.29, 1.82) is 0 Å². The number of benzene rings is 3. The third-order valence-electron chi connectivity index (χ3n) is 8.08. The Morgan fingerprint density at radius 3 is 2.53 bits per heavy atom. The van der Waals surface area contributed by atoms with Gasteiger partial charge in [0, 0.05) is 37.6 Å². The van der Waals surface area contributed by atoms with Gasteiger partial charge in [0.15, 0.2) is 0 Å². The normalized spacial score (nSPS) is 13.8. The zero-order chi connectivity index (χ0) is 30.5. The first-order chi connectivity index (χ1) is 20.7. The molecule has 0 spiro atoms. The van der Waals surface area contributed by atoms with Gasteiger partial charge in [0.25, 0.3) is 0 Å². The monoisotopic (exact) mass is 635 g/mol. The van der Waals surface area contributed by atoms with E-state index in [-0.39, 0.29) is 12.1 Å². The molecule has 1 aromatic heterocycles. The minimum absolute atomic E-state index is 0.0280. The second-order valence-electron chi connectivity index (χ2n) is 11.3. The zero-order valence-corrected chi connectivity index (χ0v) is 27.6. The molecule has 1 unspecified atom stereocenters. The third kappa shape index (κ3) is 7.74. The SMILES string of the molecule is CCN(Cc1cc(C)c(OCc2cccc(C)c2)c(C)c1)C(=O)NCC(c1ccc(Cl)c(Cl)c1)N1CCc2sccc2C1. The topological polar surface area (TPSA) is 44.8 Å². The summed E-state index contributed by atoms with van der Waals surface area (Å²) in [6.07, 6.45) is 1.00. The highest BCUT2D eigenvalue weighted by Crippen LogP contribution is 2.33. The lowest BCUT2D eigenvalue weighted by atomic mass is 10.0. The molecule has 3 aromatic carbocycles. The van der Waals surface area contributed by atoms with Crippen LogP contribution in [-0.2, 0) is 26.1 Å². The molecule has 1 aliphatic rings. The number of nitrogens with zero attached hydrogens (tertiary/aromatic N) is 2. The van der Waals surface area contributed by atoms with E-state index >= 15 is 0 Å². The Hall–Kier alpha value is -3.03. The first kappa shape index (κ1) is 31.4. The molecular weight excluding hydrogens is 597 g/mol. The number of carbonyl (C=O) groups is 1. The lowest BCUT2D eigenvalue weighted by Crippen LogP contribution is -2.45. The number of amides is 2. The van der Waals surface area contributed by atoms with Gasteiger partial charge >= 0.3 is 6.03 Å². The van der Waals surface area contributed by atoms with Gasteiger partial charge in [-0.05, 0) is 91.1 Å². The Labute approximate surface area is 269 Å². The molecular formula is C35H39Cl2N3O2S. The van der Waals surface area contributed by atoms with Crippen LogP contribution in [0.5, 0.6) is 5.75 Å². The molecule has 0 aliphatic carbocycles. The fourth-order valence-corrected chi connectivity index (χ4v) is 7.07. The first-order valence-electron chi connectivity index (χ1n) is 14.8. The molecule has 0 fully saturated rings. The molecule has 43 heavy (non-hydrogen) atoms. The van der Waals surface area contributed by atoms with E-state index in [1.54, 1.807) is 0 Å². The van der Waals surface area contributed by atoms with Crippen molar-refractivity contribution in [3.8, 4) is 5.75 Å². The van der Waals surface area contributed by atoms with Crippen molar-refractivity contribution in [2.45, 2.75) is 59.9 Å². The Morgan fingerprint density at radius 2 is 1.81 bits per heavy atom. The van der Waals surface area contributed by atoms with E-state index in [2.05, 4.69) is 78.8 Å². The summed E-state index contributed by atoms with van der Waals surface area (Å²) in [7, 11) is 0. The van der Waals surface area contributed by atoms with Crippen LogP contribution in [0.1, 0.15) is 56.8 Å². The summed E-state index contributed by atoms with van der Waals surface area (Å²) in [5, 5.41) is 6.45. The standard InChI is InChI=1S/C35H39Cl2N3O2S/c1-5-39(20-27-16-24(3)34(25(4)17-27)42-22-26-8-6-7-23(2)15-26)35(41)38-19-32(28-9-10-30(36)31(37)18-28)40-13-11-33-29(21-40)12-14-43-33/h6-10,12,14-18,32H,5,11,13,19-22H2,1-4H3,(H,38,41). The number of fused-ring (bicyclic) bond motifs is 1. The molecule has 5 nitrogen and oxygen atoms in total. The highest BCUT2D eigenvalue weighted by Gasteiger charge is 2.27. The Morgan fingerprint density at radius 1 is 1.02 bits per heavy atom. The fourth-order valence-electron chi connectivity index (χ4n) is 5.87. The number of hydrogen-bond donors (Lipinski definition) is 1. The third-order valence-corrected chi connectivity index (χ3v) is 9.84. The molecule has 0 bridgehead atoms. The largest absolute Gasteiger partial charge is 0.488 e. The Bertz CT molecular complexity index is 1560. The summed E-state index contributed by atoms with van der Waals surface area (Å²) in [5.74, 6) is 0.900. The maximum absolute atomic E-state index is 13.5. The molecule has 5 rings (SSSR count).